The van der Waals surface area contributed by atoms with Gasteiger partial charge in [0.1, 0.15) is 12.4 Å². The summed E-state index contributed by atoms with van der Waals surface area (Å²) < 4.78 is 5.50. The van der Waals surface area contributed by atoms with Crippen LogP contribution < -0.4 is 15.6 Å². The maximum Gasteiger partial charge on any atom is 0.271 e. The molecule has 0 radical (unpaired) electrons. The molecule has 0 fully saturated rings. The summed E-state index contributed by atoms with van der Waals surface area (Å²) in [5.74, 6) is -0.327. The van der Waals surface area contributed by atoms with Gasteiger partial charge in [0.05, 0.1) is 16.2 Å². The second kappa shape index (κ2) is 6.95. The Balaban J connectivity index is 1.68. The molecule has 0 bridgehead atoms. The van der Waals surface area contributed by atoms with Gasteiger partial charge >= 0.3 is 0 Å². The molecule has 0 saturated heterocycles. The average molecular weight is 363 g/mol. The number of hydrazine groups is 1. The second-order valence-corrected chi connectivity index (χ2v) is 5.87. The van der Waals surface area contributed by atoms with Gasteiger partial charge in [0.2, 0.25) is 0 Å². The Bertz CT molecular complexity index is 849. The van der Waals surface area contributed by atoms with Crippen LogP contribution in [0.1, 0.15) is 15.9 Å². The van der Waals surface area contributed by atoms with Crippen LogP contribution in [0.5, 0.6) is 5.75 Å². The first kappa shape index (κ1) is 16.4. The van der Waals surface area contributed by atoms with E-state index in [4.69, 9.17) is 27.9 Å². The summed E-state index contributed by atoms with van der Waals surface area (Å²) in [5, 5.41) is 0.843. The number of hydrogen-bond donors (Lipinski definition) is 2. The summed E-state index contributed by atoms with van der Waals surface area (Å²) in [6.45, 7) is 0.0996. The minimum atomic E-state index is -0.505. The van der Waals surface area contributed by atoms with Crippen LogP contribution in [0.15, 0.2) is 48.0 Å². The topological polar surface area (TPSA) is 67.4 Å². The van der Waals surface area contributed by atoms with E-state index in [1.165, 1.54) is 0 Å². The van der Waals surface area contributed by atoms with Gasteiger partial charge in [0, 0.05) is 10.6 Å². The van der Waals surface area contributed by atoms with Crippen LogP contribution in [-0.4, -0.2) is 18.4 Å². The lowest BCUT2D eigenvalue weighted by atomic mass is 10.1. The zero-order valence-corrected chi connectivity index (χ0v) is 13.8. The molecule has 1 aliphatic rings. The van der Waals surface area contributed by atoms with Crippen molar-refractivity contribution in [2.45, 2.75) is 0 Å². The fourth-order valence-electron chi connectivity index (χ4n) is 2.19. The Hall–Kier alpha value is -2.50. The first-order chi connectivity index (χ1) is 11.5. The molecule has 2 aromatic rings. The van der Waals surface area contributed by atoms with E-state index in [0.29, 0.717) is 26.9 Å². The number of fused-ring (bicyclic) bond motifs is 1. The lowest BCUT2D eigenvalue weighted by Gasteiger charge is -2.18. The number of carbonyl (C=O) groups excluding carboxylic acids is 2. The zero-order valence-electron chi connectivity index (χ0n) is 12.3. The van der Waals surface area contributed by atoms with Crippen molar-refractivity contribution in [3.63, 3.8) is 0 Å². The normalized spacial score (nSPS) is 12.5. The van der Waals surface area contributed by atoms with E-state index >= 15 is 0 Å². The van der Waals surface area contributed by atoms with E-state index in [0.717, 1.165) is 0 Å². The highest BCUT2D eigenvalue weighted by Gasteiger charge is 2.18. The minimum Gasteiger partial charge on any atom is -0.488 e. The van der Waals surface area contributed by atoms with Crippen molar-refractivity contribution in [2.75, 3.05) is 6.61 Å². The Morgan fingerprint density at radius 2 is 1.75 bits per heavy atom. The molecule has 0 unspecified atom stereocenters. The summed E-state index contributed by atoms with van der Waals surface area (Å²) in [4.78, 5) is 24.2. The van der Waals surface area contributed by atoms with Crippen LogP contribution in [0.3, 0.4) is 0 Å². The van der Waals surface area contributed by atoms with Gasteiger partial charge in [0.25, 0.3) is 11.8 Å². The number of benzene rings is 2. The van der Waals surface area contributed by atoms with E-state index in [1.807, 2.05) is 0 Å². The highest BCUT2D eigenvalue weighted by atomic mass is 35.5. The third kappa shape index (κ3) is 3.53. The Morgan fingerprint density at radius 3 is 2.54 bits per heavy atom. The second-order valence-electron chi connectivity index (χ2n) is 5.03. The monoisotopic (exact) mass is 362 g/mol. The zero-order chi connectivity index (χ0) is 17.1. The van der Waals surface area contributed by atoms with Gasteiger partial charge in [-0.15, -0.1) is 0 Å². The predicted octanol–water partition coefficient (Wildman–Crippen LogP) is 3.23. The van der Waals surface area contributed by atoms with Gasteiger partial charge in [-0.2, -0.15) is 0 Å². The largest absolute Gasteiger partial charge is 0.488 e. The quantitative estimate of drug-likeness (QED) is 0.805. The van der Waals surface area contributed by atoms with Crippen LogP contribution >= 0.6 is 23.2 Å². The van der Waals surface area contributed by atoms with Crippen molar-refractivity contribution < 1.29 is 14.3 Å². The van der Waals surface area contributed by atoms with Gasteiger partial charge in [-0.3, -0.25) is 20.4 Å². The molecule has 7 heteroatoms. The summed E-state index contributed by atoms with van der Waals surface area (Å²) in [6, 6.07) is 11.7. The Morgan fingerprint density at radius 1 is 1.00 bits per heavy atom. The number of rotatable bonds is 2. The third-order valence-electron chi connectivity index (χ3n) is 3.38. The number of ether oxygens (including phenoxy) is 1. The van der Waals surface area contributed by atoms with Crippen LogP contribution in [0.4, 0.5) is 0 Å². The molecule has 0 aromatic heterocycles. The van der Waals surface area contributed by atoms with Crippen molar-refractivity contribution in [3.05, 3.63) is 69.2 Å². The Kier molecular flexibility index (Phi) is 4.74. The molecule has 3 rings (SSSR count). The highest BCUT2D eigenvalue weighted by molar-refractivity contribution is 6.33. The molecule has 122 valence electrons. The molecule has 5 nitrogen and oxygen atoms in total. The molecule has 1 aliphatic heterocycles. The lowest BCUT2D eigenvalue weighted by molar-refractivity contribution is -0.118. The third-order valence-corrected chi connectivity index (χ3v) is 3.95. The lowest BCUT2D eigenvalue weighted by Crippen LogP contribution is -2.43. The van der Waals surface area contributed by atoms with Crippen molar-refractivity contribution in [1.82, 2.24) is 10.9 Å². The van der Waals surface area contributed by atoms with Crippen LogP contribution in [-0.2, 0) is 4.79 Å². The Labute approximate surface area is 148 Å². The number of hydrogen-bond acceptors (Lipinski definition) is 3. The van der Waals surface area contributed by atoms with E-state index in [1.54, 1.807) is 48.5 Å². The first-order valence-electron chi connectivity index (χ1n) is 7.03. The van der Waals surface area contributed by atoms with Gasteiger partial charge in [-0.1, -0.05) is 35.3 Å². The smallest absolute Gasteiger partial charge is 0.271 e. The van der Waals surface area contributed by atoms with Gasteiger partial charge in [0.15, 0.2) is 0 Å². The molecule has 2 N–H and O–H groups in total. The minimum absolute atomic E-state index is 0.0996. The van der Waals surface area contributed by atoms with Crippen molar-refractivity contribution in [2.24, 2.45) is 0 Å². The number of nitrogens with one attached hydrogen (secondary N) is 2. The van der Waals surface area contributed by atoms with Gasteiger partial charge < -0.3 is 4.74 Å². The van der Waals surface area contributed by atoms with Crippen molar-refractivity contribution in [3.8, 4) is 5.75 Å². The van der Waals surface area contributed by atoms with Gasteiger partial charge in [-0.05, 0) is 36.4 Å². The summed E-state index contributed by atoms with van der Waals surface area (Å²) in [6.07, 6.45) is 1.67. The number of halogens is 2. The highest BCUT2D eigenvalue weighted by Crippen LogP contribution is 2.28. The molecule has 1 heterocycles. The van der Waals surface area contributed by atoms with Crippen molar-refractivity contribution in [1.29, 1.82) is 0 Å². The van der Waals surface area contributed by atoms with E-state index in [-0.39, 0.29) is 12.2 Å². The van der Waals surface area contributed by atoms with Crippen LogP contribution in [0.25, 0.3) is 6.08 Å². The molecule has 24 heavy (non-hydrogen) atoms. The fourth-order valence-corrected chi connectivity index (χ4v) is 2.59. The molecule has 0 aliphatic carbocycles. The SMILES string of the molecule is O=C(NNC(=O)c1ccccc1Cl)C1=Cc2cc(Cl)ccc2OC1. The standard InChI is InChI=1S/C17H12Cl2N2O3/c18-12-5-6-15-10(8-12)7-11(9-24-15)16(22)20-21-17(23)13-3-1-2-4-14(13)19/h1-8H,9H2,(H,20,22)(H,21,23). The van der Waals surface area contributed by atoms with Crippen LogP contribution in [0.2, 0.25) is 10.0 Å². The predicted molar refractivity (Wildman–Crippen MR) is 92.0 cm³/mol. The molecule has 2 aromatic carbocycles. The first-order valence-corrected chi connectivity index (χ1v) is 7.78. The van der Waals surface area contributed by atoms with Crippen LogP contribution in [0, 0.1) is 0 Å². The van der Waals surface area contributed by atoms with E-state index in [2.05, 4.69) is 10.9 Å². The molecule has 0 saturated carbocycles. The van der Waals surface area contributed by atoms with E-state index < -0.39 is 11.8 Å². The molecule has 0 atom stereocenters. The summed E-state index contributed by atoms with van der Waals surface area (Å²) >= 11 is 11.9. The molecule has 0 spiro atoms. The maximum atomic E-state index is 12.2. The maximum absolute atomic E-state index is 12.2. The van der Waals surface area contributed by atoms with Crippen molar-refractivity contribution >= 4 is 41.1 Å². The van der Waals surface area contributed by atoms with Gasteiger partial charge in [-0.25, -0.2) is 0 Å². The molecule has 2 amide bonds. The number of amides is 2. The molecular formula is C17H12Cl2N2O3. The summed E-state index contributed by atoms with van der Waals surface area (Å²) in [5.41, 5.74) is 6.01. The number of carbonyl (C=O) groups is 2. The van der Waals surface area contributed by atoms with E-state index in [9.17, 15) is 9.59 Å². The fraction of sp³-hybridized carbons (Fsp3) is 0.0588. The molecular weight excluding hydrogens is 351 g/mol. The summed E-state index contributed by atoms with van der Waals surface area (Å²) in [7, 11) is 0. The average Bonchev–Trinajstić information content (AvgIpc) is 2.59.